The maximum Gasteiger partial charge on any atom is 0.330 e. The summed E-state index contributed by atoms with van der Waals surface area (Å²) in [5, 5.41) is 0. The van der Waals surface area contributed by atoms with Crippen LogP contribution < -0.4 is 5.73 Å². The van der Waals surface area contributed by atoms with Gasteiger partial charge in [0.2, 0.25) is 0 Å². The van der Waals surface area contributed by atoms with Crippen LogP contribution in [0.1, 0.15) is 19.3 Å². The highest BCUT2D eigenvalue weighted by Crippen LogP contribution is 1.94. The highest BCUT2D eigenvalue weighted by molar-refractivity contribution is 5.85. The molecule has 72 valence electrons. The van der Waals surface area contributed by atoms with E-state index in [0.29, 0.717) is 6.54 Å². The van der Waals surface area contributed by atoms with Gasteiger partial charge in [0.25, 0.3) is 0 Å². The second-order valence-electron chi connectivity index (χ2n) is 2.21. The number of ether oxygens (including phenoxy) is 1. The first kappa shape index (κ1) is 14.0. The number of carbonyl (C=O) groups excluding carboxylic acids is 1. The minimum absolute atomic E-state index is 0. The quantitative estimate of drug-likeness (QED) is 0.407. The predicted octanol–water partition coefficient (Wildman–Crippen LogP) is 1.27. The van der Waals surface area contributed by atoms with Crippen LogP contribution in [0.5, 0.6) is 0 Å². The zero-order valence-electron chi connectivity index (χ0n) is 7.29. The molecule has 4 heteroatoms. The molecule has 0 heterocycles. The smallest absolute Gasteiger partial charge is 0.330 e. The fourth-order valence-electron chi connectivity index (χ4n) is 0.654. The summed E-state index contributed by atoms with van der Waals surface area (Å²) in [6, 6.07) is 0. The third kappa shape index (κ3) is 9.46. The summed E-state index contributed by atoms with van der Waals surface area (Å²) in [6.45, 7) is 0.714. The van der Waals surface area contributed by atoms with E-state index < -0.39 is 0 Å². The van der Waals surface area contributed by atoms with E-state index in [9.17, 15) is 4.79 Å². The molecule has 2 N–H and O–H groups in total. The molecule has 0 aliphatic carbocycles. The van der Waals surface area contributed by atoms with Gasteiger partial charge < -0.3 is 10.5 Å². The van der Waals surface area contributed by atoms with Gasteiger partial charge in [-0.2, -0.15) is 0 Å². The van der Waals surface area contributed by atoms with Crippen LogP contribution in [-0.2, 0) is 9.53 Å². The second-order valence-corrected chi connectivity index (χ2v) is 2.21. The fraction of sp³-hybridized carbons (Fsp3) is 0.625. The summed E-state index contributed by atoms with van der Waals surface area (Å²) < 4.78 is 4.41. The molecule has 0 atom stereocenters. The van der Waals surface area contributed by atoms with Gasteiger partial charge in [0, 0.05) is 6.08 Å². The molecular weight excluding hydrogens is 178 g/mol. The highest BCUT2D eigenvalue weighted by atomic mass is 35.5. The van der Waals surface area contributed by atoms with E-state index in [0.717, 1.165) is 19.3 Å². The van der Waals surface area contributed by atoms with Crippen molar-refractivity contribution in [2.24, 2.45) is 5.73 Å². The number of halogens is 1. The molecule has 0 unspecified atom stereocenters. The largest absolute Gasteiger partial charge is 0.466 e. The first-order valence-corrected chi connectivity index (χ1v) is 3.76. The standard InChI is InChI=1S/C8H15NO2.ClH/c1-11-8(10)6-4-2-3-5-7-9;/h4,6H,2-3,5,7,9H2,1H3;1H/b6-4+;. The molecular formula is C8H16ClNO2. The van der Waals surface area contributed by atoms with Crippen molar-refractivity contribution in [3.8, 4) is 0 Å². The zero-order valence-corrected chi connectivity index (χ0v) is 8.10. The lowest BCUT2D eigenvalue weighted by atomic mass is 10.2. The van der Waals surface area contributed by atoms with Gasteiger partial charge in [0.1, 0.15) is 0 Å². The van der Waals surface area contributed by atoms with Crippen molar-refractivity contribution in [2.75, 3.05) is 13.7 Å². The summed E-state index contributed by atoms with van der Waals surface area (Å²) in [7, 11) is 1.37. The van der Waals surface area contributed by atoms with Crippen molar-refractivity contribution in [1.82, 2.24) is 0 Å². The van der Waals surface area contributed by atoms with Crippen LogP contribution in [0.25, 0.3) is 0 Å². The summed E-state index contributed by atoms with van der Waals surface area (Å²) >= 11 is 0. The Morgan fingerprint density at radius 3 is 2.67 bits per heavy atom. The van der Waals surface area contributed by atoms with Crippen LogP contribution in [0.15, 0.2) is 12.2 Å². The molecule has 3 nitrogen and oxygen atoms in total. The predicted molar refractivity (Wildman–Crippen MR) is 51.3 cm³/mol. The lowest BCUT2D eigenvalue weighted by Gasteiger charge is -1.91. The van der Waals surface area contributed by atoms with Gasteiger partial charge in [-0.1, -0.05) is 6.08 Å². The molecule has 0 saturated carbocycles. The van der Waals surface area contributed by atoms with Crippen LogP contribution in [0, 0.1) is 0 Å². The Morgan fingerprint density at radius 2 is 2.17 bits per heavy atom. The monoisotopic (exact) mass is 193 g/mol. The molecule has 0 bridgehead atoms. The number of esters is 1. The third-order valence-corrected chi connectivity index (χ3v) is 1.28. The van der Waals surface area contributed by atoms with Crippen LogP contribution in [0.4, 0.5) is 0 Å². The van der Waals surface area contributed by atoms with E-state index in [2.05, 4.69) is 4.74 Å². The zero-order chi connectivity index (χ0) is 8.53. The normalized spacial score (nSPS) is 9.50. The number of methoxy groups -OCH3 is 1. The lowest BCUT2D eigenvalue weighted by Crippen LogP contribution is -1.97. The van der Waals surface area contributed by atoms with Crippen molar-refractivity contribution >= 4 is 18.4 Å². The third-order valence-electron chi connectivity index (χ3n) is 1.28. The van der Waals surface area contributed by atoms with E-state index in [1.807, 2.05) is 6.08 Å². The minimum atomic E-state index is -0.294. The summed E-state index contributed by atoms with van der Waals surface area (Å²) in [5.74, 6) is -0.294. The molecule has 0 aromatic heterocycles. The molecule has 0 spiro atoms. The summed E-state index contributed by atoms with van der Waals surface area (Å²) in [4.78, 5) is 10.5. The van der Waals surface area contributed by atoms with E-state index in [1.165, 1.54) is 13.2 Å². The van der Waals surface area contributed by atoms with Gasteiger partial charge in [-0.05, 0) is 25.8 Å². The molecule has 0 aliphatic heterocycles. The van der Waals surface area contributed by atoms with Crippen molar-refractivity contribution < 1.29 is 9.53 Å². The lowest BCUT2D eigenvalue weighted by molar-refractivity contribution is -0.134. The van der Waals surface area contributed by atoms with Gasteiger partial charge >= 0.3 is 5.97 Å². The van der Waals surface area contributed by atoms with E-state index >= 15 is 0 Å². The fourth-order valence-corrected chi connectivity index (χ4v) is 0.654. The van der Waals surface area contributed by atoms with E-state index in [-0.39, 0.29) is 18.4 Å². The van der Waals surface area contributed by atoms with E-state index in [1.54, 1.807) is 0 Å². The molecule has 0 saturated heterocycles. The Hall–Kier alpha value is -0.540. The Labute approximate surface area is 79.4 Å². The second kappa shape index (κ2) is 10.5. The van der Waals surface area contributed by atoms with Crippen molar-refractivity contribution in [2.45, 2.75) is 19.3 Å². The van der Waals surface area contributed by atoms with Gasteiger partial charge in [-0.3, -0.25) is 0 Å². The Balaban J connectivity index is 0. The number of carbonyl (C=O) groups is 1. The summed E-state index contributed by atoms with van der Waals surface area (Å²) in [6.07, 6.45) is 6.18. The van der Waals surface area contributed by atoms with Crippen molar-refractivity contribution in [3.05, 3.63) is 12.2 Å². The maximum absolute atomic E-state index is 10.5. The van der Waals surface area contributed by atoms with Gasteiger partial charge in [0.15, 0.2) is 0 Å². The maximum atomic E-state index is 10.5. The van der Waals surface area contributed by atoms with E-state index in [4.69, 9.17) is 5.73 Å². The Bertz CT molecular complexity index is 137. The Morgan fingerprint density at radius 1 is 1.50 bits per heavy atom. The van der Waals surface area contributed by atoms with Crippen LogP contribution in [0.3, 0.4) is 0 Å². The SMILES string of the molecule is COC(=O)/C=C/CCCCN.Cl. The minimum Gasteiger partial charge on any atom is -0.466 e. The average Bonchev–Trinajstić information content (AvgIpc) is 2.04. The van der Waals surface area contributed by atoms with Crippen molar-refractivity contribution in [3.63, 3.8) is 0 Å². The molecule has 12 heavy (non-hydrogen) atoms. The number of nitrogens with two attached hydrogens (primary N) is 1. The first-order chi connectivity index (χ1) is 5.31. The van der Waals surface area contributed by atoms with Crippen molar-refractivity contribution in [1.29, 1.82) is 0 Å². The number of rotatable bonds is 5. The summed E-state index contributed by atoms with van der Waals surface area (Å²) in [5.41, 5.74) is 5.28. The van der Waals surface area contributed by atoms with Crippen LogP contribution >= 0.6 is 12.4 Å². The topological polar surface area (TPSA) is 52.3 Å². The molecule has 0 amide bonds. The van der Waals surface area contributed by atoms with Crippen LogP contribution in [0.2, 0.25) is 0 Å². The number of allylic oxidation sites excluding steroid dienone is 1. The highest BCUT2D eigenvalue weighted by Gasteiger charge is 1.88. The van der Waals surface area contributed by atoms with Gasteiger partial charge in [0.05, 0.1) is 7.11 Å². The molecule has 0 rings (SSSR count). The molecule has 0 fully saturated rings. The Kier molecular flexibility index (Phi) is 12.2. The van der Waals surface area contributed by atoms with Gasteiger partial charge in [-0.15, -0.1) is 12.4 Å². The van der Waals surface area contributed by atoms with Crippen LogP contribution in [-0.4, -0.2) is 19.6 Å². The molecule has 0 aliphatic rings. The van der Waals surface area contributed by atoms with Gasteiger partial charge in [-0.25, -0.2) is 4.79 Å². The molecule has 0 radical (unpaired) electrons. The number of hydrogen-bond acceptors (Lipinski definition) is 3. The number of unbranched alkanes of at least 4 members (excludes halogenated alkanes) is 2. The number of hydrogen-bond donors (Lipinski definition) is 1. The first-order valence-electron chi connectivity index (χ1n) is 3.76. The molecule has 0 aromatic rings. The molecule has 0 aromatic carbocycles. The average molecular weight is 194 g/mol.